The third-order valence-corrected chi connectivity index (χ3v) is 3.15. The Morgan fingerprint density at radius 3 is 1.96 bits per heavy atom. The van der Waals surface area contributed by atoms with Crippen LogP contribution in [0.2, 0.25) is 0 Å². The Morgan fingerprint density at radius 1 is 0.870 bits per heavy atom. The number of rotatable bonds is 5. The number of nitrogens with one attached hydrogen (secondary N) is 2. The van der Waals surface area contributed by atoms with Crippen molar-refractivity contribution in [3.63, 3.8) is 0 Å². The van der Waals surface area contributed by atoms with Crippen molar-refractivity contribution in [2.24, 2.45) is 0 Å². The van der Waals surface area contributed by atoms with Gasteiger partial charge < -0.3 is 14.8 Å². The zero-order valence-corrected chi connectivity index (χ0v) is 12.6. The van der Waals surface area contributed by atoms with Gasteiger partial charge in [0.1, 0.15) is 0 Å². The van der Waals surface area contributed by atoms with Crippen LogP contribution in [0.5, 0.6) is 11.5 Å². The molecule has 0 spiro atoms. The van der Waals surface area contributed by atoms with Crippen molar-refractivity contribution in [2.75, 3.05) is 19.5 Å². The topological polar surface area (TPSA) is 96.9 Å². The summed E-state index contributed by atoms with van der Waals surface area (Å²) < 4.78 is 10.3. The van der Waals surface area contributed by atoms with E-state index in [1.165, 1.54) is 44.0 Å². The predicted octanol–water partition coefficient (Wildman–Crippen LogP) is 2.08. The fourth-order valence-electron chi connectivity index (χ4n) is 1.95. The molecule has 0 bridgehead atoms. The van der Waals surface area contributed by atoms with E-state index in [0.717, 1.165) is 0 Å². The SMILES string of the molecule is COc1ccc(NC(=O)c2ccc(C(=O)NO)cc2)cc1OC. The Hall–Kier alpha value is -3.06. The van der Waals surface area contributed by atoms with E-state index in [0.29, 0.717) is 22.7 Å². The van der Waals surface area contributed by atoms with E-state index in [-0.39, 0.29) is 11.5 Å². The quantitative estimate of drug-likeness (QED) is 0.579. The van der Waals surface area contributed by atoms with Gasteiger partial charge in [0, 0.05) is 22.9 Å². The molecule has 2 amide bonds. The van der Waals surface area contributed by atoms with E-state index >= 15 is 0 Å². The first-order valence-electron chi connectivity index (χ1n) is 6.67. The second-order valence-corrected chi connectivity index (χ2v) is 4.54. The molecule has 0 atom stereocenters. The molecule has 0 unspecified atom stereocenters. The van der Waals surface area contributed by atoms with Gasteiger partial charge in [-0.25, -0.2) is 5.48 Å². The molecule has 2 rings (SSSR count). The van der Waals surface area contributed by atoms with E-state index < -0.39 is 5.91 Å². The number of carbonyl (C=O) groups excluding carboxylic acids is 2. The molecule has 0 saturated heterocycles. The molecule has 23 heavy (non-hydrogen) atoms. The number of methoxy groups -OCH3 is 2. The molecule has 2 aromatic carbocycles. The molecule has 2 aromatic rings. The van der Waals surface area contributed by atoms with Gasteiger partial charge in [-0.2, -0.15) is 0 Å². The summed E-state index contributed by atoms with van der Waals surface area (Å²) in [7, 11) is 3.04. The van der Waals surface area contributed by atoms with E-state index in [9.17, 15) is 9.59 Å². The Balaban J connectivity index is 2.14. The van der Waals surface area contributed by atoms with E-state index in [1.807, 2.05) is 0 Å². The lowest BCUT2D eigenvalue weighted by Crippen LogP contribution is -2.19. The maximum Gasteiger partial charge on any atom is 0.274 e. The van der Waals surface area contributed by atoms with Crippen LogP contribution in [0.15, 0.2) is 42.5 Å². The van der Waals surface area contributed by atoms with Crippen molar-refractivity contribution in [2.45, 2.75) is 0 Å². The summed E-state index contributed by atoms with van der Waals surface area (Å²) >= 11 is 0. The third-order valence-electron chi connectivity index (χ3n) is 3.15. The number of benzene rings is 2. The van der Waals surface area contributed by atoms with Crippen LogP contribution >= 0.6 is 0 Å². The van der Waals surface area contributed by atoms with Gasteiger partial charge in [-0.3, -0.25) is 14.8 Å². The van der Waals surface area contributed by atoms with Crippen molar-refractivity contribution in [1.29, 1.82) is 0 Å². The van der Waals surface area contributed by atoms with E-state index in [1.54, 1.807) is 18.2 Å². The molecule has 0 radical (unpaired) electrons. The third kappa shape index (κ3) is 3.78. The van der Waals surface area contributed by atoms with Crippen molar-refractivity contribution < 1.29 is 24.3 Å². The molecule has 0 aliphatic rings. The molecule has 120 valence electrons. The highest BCUT2D eigenvalue weighted by atomic mass is 16.5. The van der Waals surface area contributed by atoms with Gasteiger partial charge in [-0.1, -0.05) is 0 Å². The van der Waals surface area contributed by atoms with Crippen molar-refractivity contribution in [3.8, 4) is 11.5 Å². The predicted molar refractivity (Wildman–Crippen MR) is 83.2 cm³/mol. The molecule has 3 N–H and O–H groups in total. The molecule has 0 aliphatic heterocycles. The zero-order chi connectivity index (χ0) is 16.8. The van der Waals surface area contributed by atoms with E-state index in [2.05, 4.69) is 5.32 Å². The van der Waals surface area contributed by atoms with E-state index in [4.69, 9.17) is 14.7 Å². The average Bonchev–Trinajstić information content (AvgIpc) is 2.60. The fraction of sp³-hybridized carbons (Fsp3) is 0.125. The first kappa shape index (κ1) is 16.3. The van der Waals surface area contributed by atoms with Crippen LogP contribution in [0.25, 0.3) is 0 Å². The van der Waals surface area contributed by atoms with Gasteiger partial charge in [0.25, 0.3) is 11.8 Å². The highest BCUT2D eigenvalue weighted by molar-refractivity contribution is 6.05. The Labute approximate surface area is 132 Å². The summed E-state index contributed by atoms with van der Waals surface area (Å²) in [6.07, 6.45) is 0. The van der Waals surface area contributed by atoms with Crippen LogP contribution in [0.4, 0.5) is 5.69 Å². The molecule has 0 aromatic heterocycles. The highest BCUT2D eigenvalue weighted by Gasteiger charge is 2.10. The normalized spacial score (nSPS) is 9.87. The van der Waals surface area contributed by atoms with Crippen LogP contribution in [-0.4, -0.2) is 31.2 Å². The lowest BCUT2D eigenvalue weighted by atomic mass is 10.1. The lowest BCUT2D eigenvalue weighted by molar-refractivity contribution is 0.0706. The summed E-state index contributed by atoms with van der Waals surface area (Å²) in [5, 5.41) is 11.3. The molecule has 0 saturated carbocycles. The summed E-state index contributed by atoms with van der Waals surface area (Å²) in [5.74, 6) is 0.0789. The number of anilines is 1. The van der Waals surface area contributed by atoms with Gasteiger partial charge in [0.15, 0.2) is 11.5 Å². The maximum atomic E-state index is 12.2. The van der Waals surface area contributed by atoms with Gasteiger partial charge in [0.05, 0.1) is 14.2 Å². The summed E-state index contributed by atoms with van der Waals surface area (Å²) in [6, 6.07) is 10.9. The van der Waals surface area contributed by atoms with Crippen molar-refractivity contribution >= 4 is 17.5 Å². The number of ether oxygens (including phenoxy) is 2. The highest BCUT2D eigenvalue weighted by Crippen LogP contribution is 2.29. The second kappa shape index (κ2) is 7.28. The molecule has 0 heterocycles. The molecule has 0 aliphatic carbocycles. The molecular formula is C16H16N2O5. The summed E-state index contributed by atoms with van der Waals surface area (Å²) in [6.45, 7) is 0. The Kier molecular flexibility index (Phi) is 5.16. The minimum absolute atomic E-state index is 0.246. The average molecular weight is 316 g/mol. The Bertz CT molecular complexity index is 713. The van der Waals surface area contributed by atoms with Crippen LogP contribution in [-0.2, 0) is 0 Å². The van der Waals surface area contributed by atoms with Crippen LogP contribution in [0, 0.1) is 0 Å². The number of hydrogen-bond acceptors (Lipinski definition) is 5. The Morgan fingerprint density at radius 2 is 1.43 bits per heavy atom. The minimum Gasteiger partial charge on any atom is -0.493 e. The minimum atomic E-state index is -0.642. The zero-order valence-electron chi connectivity index (χ0n) is 12.6. The number of hydroxylamine groups is 1. The maximum absolute atomic E-state index is 12.2. The summed E-state index contributed by atoms with van der Waals surface area (Å²) in [4.78, 5) is 23.4. The largest absolute Gasteiger partial charge is 0.493 e. The summed E-state index contributed by atoms with van der Waals surface area (Å²) in [5.41, 5.74) is 2.69. The van der Waals surface area contributed by atoms with Crippen LogP contribution in [0.1, 0.15) is 20.7 Å². The van der Waals surface area contributed by atoms with Crippen molar-refractivity contribution in [1.82, 2.24) is 5.48 Å². The first-order chi connectivity index (χ1) is 11.1. The van der Waals surface area contributed by atoms with Crippen LogP contribution in [0.3, 0.4) is 0 Å². The van der Waals surface area contributed by atoms with Crippen molar-refractivity contribution in [3.05, 3.63) is 53.6 Å². The molecular weight excluding hydrogens is 300 g/mol. The molecule has 7 nitrogen and oxygen atoms in total. The van der Waals surface area contributed by atoms with Gasteiger partial charge >= 0.3 is 0 Å². The number of amides is 2. The fourth-order valence-corrected chi connectivity index (χ4v) is 1.95. The molecule has 7 heteroatoms. The monoisotopic (exact) mass is 316 g/mol. The standard InChI is InChI=1S/C16H16N2O5/c1-22-13-8-7-12(9-14(13)23-2)17-15(19)10-3-5-11(6-4-10)16(20)18-21/h3-9,21H,1-2H3,(H,17,19)(H,18,20). The van der Waals surface area contributed by atoms with Gasteiger partial charge in [-0.05, 0) is 36.4 Å². The number of carbonyl (C=O) groups is 2. The van der Waals surface area contributed by atoms with Gasteiger partial charge in [-0.15, -0.1) is 0 Å². The second-order valence-electron chi connectivity index (χ2n) is 4.54. The number of hydrogen-bond donors (Lipinski definition) is 3. The lowest BCUT2D eigenvalue weighted by Gasteiger charge is -2.10. The smallest absolute Gasteiger partial charge is 0.274 e. The first-order valence-corrected chi connectivity index (χ1v) is 6.67. The van der Waals surface area contributed by atoms with Crippen LogP contribution < -0.4 is 20.3 Å². The van der Waals surface area contributed by atoms with Gasteiger partial charge in [0.2, 0.25) is 0 Å². The molecule has 0 fully saturated rings.